The molecular weight excluding hydrogens is 410 g/mol. The number of benzene rings is 1. The number of unbranched alkanes of at least 4 members (excludes halogenated alkanes) is 1. The molecule has 1 saturated heterocycles. The number of rotatable bonds is 11. The van der Waals surface area contributed by atoms with Gasteiger partial charge in [-0.05, 0) is 31.9 Å². The molecule has 0 aromatic heterocycles. The standard InChI is InChI=1S/C24H39N3O5/c1-3-4-8-25-19-14-20(23-22(15-19)31-12-6-13-32-23)24(29)26-16-18-7-10-27(17-21(18)28)9-5-11-30-2/h14-15,18,21,25,28H,3-13,16-17H2,1-2H3,(H,26,29)/t18-,21?/m0/s1. The predicted octanol–water partition coefficient (Wildman–Crippen LogP) is 2.51. The number of anilines is 1. The first-order chi connectivity index (χ1) is 15.6. The monoisotopic (exact) mass is 449 g/mol. The van der Waals surface area contributed by atoms with Gasteiger partial charge in [0.05, 0.1) is 24.9 Å². The van der Waals surface area contributed by atoms with Gasteiger partial charge in [0.15, 0.2) is 11.5 Å². The van der Waals surface area contributed by atoms with Crippen molar-refractivity contribution in [3.8, 4) is 11.5 Å². The van der Waals surface area contributed by atoms with Gasteiger partial charge in [-0.3, -0.25) is 4.79 Å². The molecule has 1 unspecified atom stereocenters. The van der Waals surface area contributed by atoms with Gasteiger partial charge < -0.3 is 34.9 Å². The zero-order chi connectivity index (χ0) is 22.8. The van der Waals surface area contributed by atoms with Gasteiger partial charge in [-0.25, -0.2) is 0 Å². The summed E-state index contributed by atoms with van der Waals surface area (Å²) in [5, 5.41) is 17.0. The molecule has 2 aliphatic heterocycles. The maximum absolute atomic E-state index is 13.1. The lowest BCUT2D eigenvalue weighted by molar-refractivity contribution is 0.0192. The van der Waals surface area contributed by atoms with Crippen LogP contribution in [-0.4, -0.2) is 81.7 Å². The maximum Gasteiger partial charge on any atom is 0.255 e. The summed E-state index contributed by atoms with van der Waals surface area (Å²) in [5.74, 6) is 0.966. The van der Waals surface area contributed by atoms with Crippen molar-refractivity contribution >= 4 is 11.6 Å². The molecule has 180 valence electrons. The van der Waals surface area contributed by atoms with Crippen molar-refractivity contribution in [2.45, 2.75) is 45.1 Å². The third-order valence-electron chi connectivity index (χ3n) is 6.10. The maximum atomic E-state index is 13.1. The van der Waals surface area contributed by atoms with Gasteiger partial charge in [-0.2, -0.15) is 0 Å². The fourth-order valence-electron chi connectivity index (χ4n) is 4.19. The van der Waals surface area contributed by atoms with E-state index in [1.165, 1.54) is 0 Å². The van der Waals surface area contributed by atoms with Crippen LogP contribution in [0.3, 0.4) is 0 Å². The summed E-state index contributed by atoms with van der Waals surface area (Å²) in [5.41, 5.74) is 1.34. The van der Waals surface area contributed by atoms with Crippen molar-refractivity contribution in [3.05, 3.63) is 17.7 Å². The largest absolute Gasteiger partial charge is 0.489 e. The van der Waals surface area contributed by atoms with E-state index in [9.17, 15) is 9.90 Å². The molecule has 32 heavy (non-hydrogen) atoms. The lowest BCUT2D eigenvalue weighted by atomic mass is 9.93. The van der Waals surface area contributed by atoms with Crippen LogP contribution in [0.2, 0.25) is 0 Å². The Labute approximate surface area is 191 Å². The van der Waals surface area contributed by atoms with Gasteiger partial charge in [-0.1, -0.05) is 13.3 Å². The highest BCUT2D eigenvalue weighted by Crippen LogP contribution is 2.36. The molecule has 2 aliphatic rings. The number of nitrogens with zero attached hydrogens (tertiary/aromatic N) is 1. The quantitative estimate of drug-likeness (QED) is 0.447. The number of carbonyl (C=O) groups excluding carboxylic acids is 1. The molecule has 2 atom stereocenters. The van der Waals surface area contributed by atoms with Crippen LogP contribution in [0.25, 0.3) is 0 Å². The zero-order valence-corrected chi connectivity index (χ0v) is 19.5. The molecular formula is C24H39N3O5. The minimum atomic E-state index is -0.453. The second-order valence-electron chi connectivity index (χ2n) is 8.65. The van der Waals surface area contributed by atoms with Crippen molar-refractivity contribution < 1.29 is 24.1 Å². The van der Waals surface area contributed by atoms with E-state index in [4.69, 9.17) is 14.2 Å². The van der Waals surface area contributed by atoms with Crippen LogP contribution >= 0.6 is 0 Å². The van der Waals surface area contributed by atoms with E-state index in [1.807, 2.05) is 12.1 Å². The van der Waals surface area contributed by atoms with Crippen LogP contribution < -0.4 is 20.1 Å². The Balaban J connectivity index is 1.61. The molecule has 1 amide bonds. The predicted molar refractivity (Wildman–Crippen MR) is 125 cm³/mol. The molecule has 3 rings (SSSR count). The highest BCUT2D eigenvalue weighted by atomic mass is 16.5. The zero-order valence-electron chi connectivity index (χ0n) is 19.5. The van der Waals surface area contributed by atoms with E-state index in [0.717, 1.165) is 64.0 Å². The Morgan fingerprint density at radius 3 is 2.91 bits per heavy atom. The van der Waals surface area contributed by atoms with Crippen molar-refractivity contribution in [1.29, 1.82) is 0 Å². The van der Waals surface area contributed by atoms with Crippen LogP contribution in [0, 0.1) is 5.92 Å². The summed E-state index contributed by atoms with van der Waals surface area (Å²) in [6, 6.07) is 3.75. The SMILES string of the molecule is CCCCNc1cc2c(c(C(=O)NC[C@@H]3CCN(CCCOC)CC3O)c1)OCCCO2. The van der Waals surface area contributed by atoms with Crippen LogP contribution in [0.4, 0.5) is 5.69 Å². The first-order valence-corrected chi connectivity index (χ1v) is 12.0. The minimum absolute atomic E-state index is 0.0410. The summed E-state index contributed by atoms with van der Waals surface area (Å²) < 4.78 is 16.8. The number of aliphatic hydroxyl groups is 1. The number of β-amino-alcohol motifs (C(OH)–C–C–N with tert-alkyl or cyclic N) is 1. The fourth-order valence-corrected chi connectivity index (χ4v) is 4.19. The number of amides is 1. The lowest BCUT2D eigenvalue weighted by Crippen LogP contribution is -2.48. The fraction of sp³-hybridized carbons (Fsp3) is 0.708. The van der Waals surface area contributed by atoms with Gasteiger partial charge in [-0.15, -0.1) is 0 Å². The molecule has 0 aliphatic carbocycles. The topological polar surface area (TPSA) is 92.3 Å². The van der Waals surface area contributed by atoms with Crippen LogP contribution in [0.1, 0.15) is 49.4 Å². The Hall–Kier alpha value is -2.03. The number of aliphatic hydroxyl groups excluding tert-OH is 1. The smallest absolute Gasteiger partial charge is 0.255 e. The second-order valence-corrected chi connectivity index (χ2v) is 8.65. The number of ether oxygens (including phenoxy) is 3. The number of fused-ring (bicyclic) bond motifs is 1. The summed E-state index contributed by atoms with van der Waals surface area (Å²) in [4.78, 5) is 15.4. The number of nitrogens with one attached hydrogen (secondary N) is 2. The first-order valence-electron chi connectivity index (χ1n) is 12.0. The minimum Gasteiger partial charge on any atom is -0.489 e. The van der Waals surface area contributed by atoms with E-state index in [-0.39, 0.29) is 11.8 Å². The molecule has 0 radical (unpaired) electrons. The molecule has 3 N–H and O–H groups in total. The van der Waals surface area contributed by atoms with E-state index >= 15 is 0 Å². The molecule has 2 heterocycles. The molecule has 8 heteroatoms. The molecule has 0 spiro atoms. The average Bonchev–Trinajstić information content (AvgIpc) is 3.04. The number of hydrogen-bond donors (Lipinski definition) is 3. The highest BCUT2D eigenvalue weighted by molar-refractivity contribution is 5.99. The first kappa shape index (κ1) is 24.6. The van der Waals surface area contributed by atoms with Crippen LogP contribution in [0.5, 0.6) is 11.5 Å². The molecule has 1 aromatic carbocycles. The van der Waals surface area contributed by atoms with E-state index < -0.39 is 6.10 Å². The third kappa shape index (κ3) is 6.98. The number of piperidine rings is 1. The summed E-state index contributed by atoms with van der Waals surface area (Å²) in [7, 11) is 1.71. The van der Waals surface area contributed by atoms with Crippen molar-refractivity contribution in [2.24, 2.45) is 5.92 Å². The molecule has 0 saturated carbocycles. The van der Waals surface area contributed by atoms with Crippen molar-refractivity contribution in [2.75, 3.05) is 65.0 Å². The van der Waals surface area contributed by atoms with E-state index in [2.05, 4.69) is 22.5 Å². The number of hydrogen-bond acceptors (Lipinski definition) is 7. The third-order valence-corrected chi connectivity index (χ3v) is 6.10. The number of likely N-dealkylation sites (tertiary alicyclic amines) is 1. The molecule has 0 bridgehead atoms. The van der Waals surface area contributed by atoms with Gasteiger partial charge >= 0.3 is 0 Å². The van der Waals surface area contributed by atoms with Gasteiger partial charge in [0, 0.05) is 64.0 Å². The Bertz CT molecular complexity index is 730. The Kier molecular flexibility index (Phi) is 9.89. The van der Waals surface area contributed by atoms with Crippen LogP contribution in [-0.2, 0) is 4.74 Å². The van der Waals surface area contributed by atoms with Gasteiger partial charge in [0.25, 0.3) is 5.91 Å². The Morgan fingerprint density at radius 1 is 1.28 bits per heavy atom. The average molecular weight is 450 g/mol. The van der Waals surface area contributed by atoms with Crippen molar-refractivity contribution in [1.82, 2.24) is 10.2 Å². The number of carbonyl (C=O) groups is 1. The molecule has 8 nitrogen and oxygen atoms in total. The second kappa shape index (κ2) is 12.9. The van der Waals surface area contributed by atoms with Crippen molar-refractivity contribution in [3.63, 3.8) is 0 Å². The lowest BCUT2D eigenvalue weighted by Gasteiger charge is -2.36. The van der Waals surface area contributed by atoms with Gasteiger partial charge in [0.2, 0.25) is 0 Å². The summed E-state index contributed by atoms with van der Waals surface area (Å²) in [6.07, 6.45) is 4.29. The Morgan fingerprint density at radius 2 is 2.12 bits per heavy atom. The molecule has 1 fully saturated rings. The van der Waals surface area contributed by atoms with E-state index in [0.29, 0.717) is 43.4 Å². The normalized spacial score (nSPS) is 21.1. The summed E-state index contributed by atoms with van der Waals surface area (Å²) >= 11 is 0. The van der Waals surface area contributed by atoms with E-state index in [1.54, 1.807) is 7.11 Å². The molecule has 1 aromatic rings. The number of methoxy groups -OCH3 is 1. The van der Waals surface area contributed by atoms with Crippen LogP contribution in [0.15, 0.2) is 12.1 Å². The highest BCUT2D eigenvalue weighted by Gasteiger charge is 2.28. The van der Waals surface area contributed by atoms with Gasteiger partial charge in [0.1, 0.15) is 0 Å². The summed E-state index contributed by atoms with van der Waals surface area (Å²) in [6.45, 7) is 7.73.